The standard InChI is InChI=1S/C15H16N4O3/c1-18(2)14(15-4-3-7-22-15)10-17-12-8-11(9-16)5-6-13(12)19(20)21/h3-8,14,17H,10H2,1-2H3. The van der Waals surface area contributed by atoms with Gasteiger partial charge in [0, 0.05) is 12.6 Å². The van der Waals surface area contributed by atoms with E-state index in [1.807, 2.05) is 31.1 Å². The maximum atomic E-state index is 11.1. The summed E-state index contributed by atoms with van der Waals surface area (Å²) in [6.07, 6.45) is 1.59. The molecule has 0 fully saturated rings. The molecule has 2 rings (SSSR count). The van der Waals surface area contributed by atoms with Gasteiger partial charge in [0.2, 0.25) is 0 Å². The molecule has 1 aromatic heterocycles. The Bertz CT molecular complexity index is 689. The summed E-state index contributed by atoms with van der Waals surface area (Å²) < 4.78 is 5.40. The van der Waals surface area contributed by atoms with Crippen molar-refractivity contribution in [1.82, 2.24) is 4.90 Å². The number of nitro benzene ring substituents is 1. The normalized spacial score (nSPS) is 11.9. The van der Waals surface area contributed by atoms with E-state index in [4.69, 9.17) is 9.68 Å². The summed E-state index contributed by atoms with van der Waals surface area (Å²) in [5.41, 5.74) is 0.630. The third-order valence-corrected chi connectivity index (χ3v) is 3.30. The highest BCUT2D eigenvalue weighted by atomic mass is 16.6. The van der Waals surface area contributed by atoms with Crippen LogP contribution in [-0.4, -0.2) is 30.5 Å². The van der Waals surface area contributed by atoms with Crippen LogP contribution in [0.1, 0.15) is 17.4 Å². The average Bonchev–Trinajstić information content (AvgIpc) is 3.00. The summed E-state index contributed by atoms with van der Waals surface area (Å²) in [5, 5.41) is 23.1. The summed E-state index contributed by atoms with van der Waals surface area (Å²) >= 11 is 0. The van der Waals surface area contributed by atoms with Crippen molar-refractivity contribution >= 4 is 11.4 Å². The van der Waals surface area contributed by atoms with Crippen LogP contribution < -0.4 is 5.32 Å². The van der Waals surface area contributed by atoms with E-state index in [0.717, 1.165) is 5.76 Å². The maximum absolute atomic E-state index is 11.1. The van der Waals surface area contributed by atoms with E-state index in [1.54, 1.807) is 12.3 Å². The van der Waals surface area contributed by atoms with Crippen LogP contribution in [0.15, 0.2) is 41.0 Å². The summed E-state index contributed by atoms with van der Waals surface area (Å²) in [4.78, 5) is 12.6. The first-order valence-corrected chi connectivity index (χ1v) is 6.65. The molecule has 0 bridgehead atoms. The number of nitrogens with one attached hydrogen (secondary N) is 1. The molecular formula is C15H16N4O3. The van der Waals surface area contributed by atoms with Crippen LogP contribution >= 0.6 is 0 Å². The number of furan rings is 1. The molecule has 0 aliphatic rings. The number of hydrogen-bond donors (Lipinski definition) is 1. The Morgan fingerprint density at radius 1 is 1.45 bits per heavy atom. The molecule has 1 aromatic carbocycles. The zero-order valence-electron chi connectivity index (χ0n) is 12.3. The first-order valence-electron chi connectivity index (χ1n) is 6.65. The minimum atomic E-state index is -0.471. The molecule has 7 heteroatoms. The van der Waals surface area contributed by atoms with Crippen LogP contribution in [0.25, 0.3) is 0 Å². The second kappa shape index (κ2) is 6.74. The van der Waals surface area contributed by atoms with Crippen LogP contribution in [0.2, 0.25) is 0 Å². The number of nitriles is 1. The summed E-state index contributed by atoms with van der Waals surface area (Å²) in [6.45, 7) is 0.413. The van der Waals surface area contributed by atoms with Crippen molar-refractivity contribution in [3.05, 3.63) is 58.0 Å². The van der Waals surface area contributed by atoms with Crippen molar-refractivity contribution in [1.29, 1.82) is 5.26 Å². The lowest BCUT2D eigenvalue weighted by Gasteiger charge is -2.23. The van der Waals surface area contributed by atoms with Crippen LogP contribution in [0, 0.1) is 21.4 Å². The molecular weight excluding hydrogens is 284 g/mol. The van der Waals surface area contributed by atoms with Gasteiger partial charge in [-0.25, -0.2) is 0 Å². The highest BCUT2D eigenvalue weighted by Crippen LogP contribution is 2.27. The quantitative estimate of drug-likeness (QED) is 0.651. The predicted octanol–water partition coefficient (Wildman–Crippen LogP) is 2.77. The van der Waals surface area contributed by atoms with Gasteiger partial charge in [0.05, 0.1) is 28.9 Å². The van der Waals surface area contributed by atoms with Gasteiger partial charge in [-0.1, -0.05) is 0 Å². The van der Waals surface area contributed by atoms with E-state index in [1.165, 1.54) is 18.2 Å². The molecule has 0 aliphatic carbocycles. The second-order valence-corrected chi connectivity index (χ2v) is 4.98. The van der Waals surface area contributed by atoms with Gasteiger partial charge in [0.1, 0.15) is 11.4 Å². The van der Waals surface area contributed by atoms with E-state index >= 15 is 0 Å². The van der Waals surface area contributed by atoms with E-state index < -0.39 is 4.92 Å². The van der Waals surface area contributed by atoms with Crippen LogP contribution in [0.5, 0.6) is 0 Å². The third-order valence-electron chi connectivity index (χ3n) is 3.30. The SMILES string of the molecule is CN(C)C(CNc1cc(C#N)ccc1[N+](=O)[O-])c1ccco1. The number of benzene rings is 1. The van der Waals surface area contributed by atoms with E-state index in [9.17, 15) is 10.1 Å². The smallest absolute Gasteiger partial charge is 0.292 e. The molecule has 0 radical (unpaired) electrons. The number of rotatable bonds is 6. The molecule has 2 aromatic rings. The predicted molar refractivity (Wildman–Crippen MR) is 81.4 cm³/mol. The first-order chi connectivity index (χ1) is 10.5. The molecule has 7 nitrogen and oxygen atoms in total. The number of nitro groups is 1. The van der Waals surface area contributed by atoms with Gasteiger partial charge in [-0.15, -0.1) is 0 Å². The molecule has 0 aliphatic heterocycles. The lowest BCUT2D eigenvalue weighted by molar-refractivity contribution is -0.384. The van der Waals surface area contributed by atoms with Gasteiger partial charge < -0.3 is 9.73 Å². The van der Waals surface area contributed by atoms with E-state index in [-0.39, 0.29) is 11.7 Å². The number of nitrogens with zero attached hydrogens (tertiary/aromatic N) is 3. The molecule has 0 saturated heterocycles. The minimum absolute atomic E-state index is 0.0593. The van der Waals surface area contributed by atoms with Gasteiger partial charge in [0.15, 0.2) is 0 Å². The van der Waals surface area contributed by atoms with Gasteiger partial charge in [0.25, 0.3) is 5.69 Å². The summed E-state index contributed by atoms with van der Waals surface area (Å²) in [6, 6.07) is 9.79. The Morgan fingerprint density at radius 3 is 2.77 bits per heavy atom. The van der Waals surface area contributed by atoms with Crippen molar-refractivity contribution in [2.75, 3.05) is 26.0 Å². The molecule has 0 spiro atoms. The molecule has 1 unspecified atom stereocenters. The van der Waals surface area contributed by atoms with Crippen molar-refractivity contribution < 1.29 is 9.34 Å². The first kappa shape index (κ1) is 15.5. The molecule has 114 valence electrons. The lowest BCUT2D eigenvalue weighted by Crippen LogP contribution is -2.26. The monoisotopic (exact) mass is 300 g/mol. The van der Waals surface area contributed by atoms with Crippen LogP contribution in [0.4, 0.5) is 11.4 Å². The van der Waals surface area contributed by atoms with E-state index in [0.29, 0.717) is 17.8 Å². The Kier molecular flexibility index (Phi) is 4.76. The van der Waals surface area contributed by atoms with Crippen molar-refractivity contribution in [2.45, 2.75) is 6.04 Å². The third kappa shape index (κ3) is 3.42. The lowest BCUT2D eigenvalue weighted by atomic mass is 10.1. The summed E-state index contributed by atoms with van der Waals surface area (Å²) in [7, 11) is 3.80. The summed E-state index contributed by atoms with van der Waals surface area (Å²) in [5.74, 6) is 0.761. The Hall–Kier alpha value is -2.85. The van der Waals surface area contributed by atoms with Crippen molar-refractivity contribution in [3.8, 4) is 6.07 Å². The van der Waals surface area contributed by atoms with Gasteiger partial charge in [-0.05, 0) is 38.4 Å². The zero-order valence-corrected chi connectivity index (χ0v) is 12.3. The topological polar surface area (TPSA) is 95.3 Å². The van der Waals surface area contributed by atoms with Gasteiger partial charge in [-0.2, -0.15) is 5.26 Å². The van der Waals surface area contributed by atoms with E-state index in [2.05, 4.69) is 5.32 Å². The van der Waals surface area contributed by atoms with Crippen LogP contribution in [0.3, 0.4) is 0 Å². The highest BCUT2D eigenvalue weighted by molar-refractivity contribution is 5.64. The Morgan fingerprint density at radius 2 is 2.23 bits per heavy atom. The Balaban J connectivity index is 2.22. The molecule has 0 saturated carbocycles. The molecule has 22 heavy (non-hydrogen) atoms. The number of likely N-dealkylation sites (N-methyl/N-ethyl adjacent to an activating group) is 1. The van der Waals surface area contributed by atoms with Crippen molar-refractivity contribution in [2.24, 2.45) is 0 Å². The highest BCUT2D eigenvalue weighted by Gasteiger charge is 2.20. The number of anilines is 1. The average molecular weight is 300 g/mol. The molecule has 0 amide bonds. The molecule has 1 heterocycles. The molecule has 1 atom stereocenters. The number of hydrogen-bond acceptors (Lipinski definition) is 6. The Labute approximate surface area is 127 Å². The zero-order chi connectivity index (χ0) is 16.1. The second-order valence-electron chi connectivity index (χ2n) is 4.98. The van der Waals surface area contributed by atoms with Gasteiger partial charge >= 0.3 is 0 Å². The van der Waals surface area contributed by atoms with Gasteiger partial charge in [-0.3, -0.25) is 15.0 Å². The van der Waals surface area contributed by atoms with Crippen molar-refractivity contribution in [3.63, 3.8) is 0 Å². The maximum Gasteiger partial charge on any atom is 0.292 e. The van der Waals surface area contributed by atoms with Crippen LogP contribution in [-0.2, 0) is 0 Å². The largest absolute Gasteiger partial charge is 0.468 e. The molecule has 1 N–H and O–H groups in total. The fourth-order valence-electron chi connectivity index (χ4n) is 2.13. The fraction of sp³-hybridized carbons (Fsp3) is 0.267. The fourth-order valence-corrected chi connectivity index (χ4v) is 2.13. The minimum Gasteiger partial charge on any atom is -0.468 e.